The van der Waals surface area contributed by atoms with E-state index in [1.807, 2.05) is 0 Å². The Kier molecular flexibility index (Phi) is 2.43. The molecule has 0 radical (unpaired) electrons. The third kappa shape index (κ3) is 1.46. The number of carbonyl (C=O) groups is 2. The first-order valence-electron chi connectivity index (χ1n) is 5.11. The molecule has 0 amide bonds. The molecule has 1 aliphatic rings. The summed E-state index contributed by atoms with van der Waals surface area (Å²) in [5, 5.41) is 0.312. The first kappa shape index (κ1) is 11.3. The van der Waals surface area contributed by atoms with Crippen molar-refractivity contribution in [1.29, 1.82) is 0 Å². The Bertz CT molecular complexity index is 801. The van der Waals surface area contributed by atoms with E-state index in [0.29, 0.717) is 10.1 Å². The summed E-state index contributed by atoms with van der Waals surface area (Å²) < 4.78 is 0.675. The van der Waals surface area contributed by atoms with Crippen molar-refractivity contribution in [2.45, 2.75) is 0 Å². The van der Waals surface area contributed by atoms with Crippen LogP contribution in [0.1, 0.15) is 20.0 Å². The molecule has 0 aliphatic heterocycles. The van der Waals surface area contributed by atoms with Crippen LogP contribution >= 0.6 is 22.9 Å². The largest absolute Gasteiger partial charge is 0.289 e. The second-order valence-electron chi connectivity index (χ2n) is 3.82. The van der Waals surface area contributed by atoms with E-state index in [1.165, 1.54) is 0 Å². The van der Waals surface area contributed by atoms with Crippen molar-refractivity contribution in [3.05, 3.63) is 56.0 Å². The Balaban J connectivity index is 2.50. The van der Waals surface area contributed by atoms with Crippen LogP contribution in [0.4, 0.5) is 0 Å². The van der Waals surface area contributed by atoms with E-state index in [-0.39, 0.29) is 15.5 Å². The first-order valence-corrected chi connectivity index (χ1v) is 6.31. The highest BCUT2D eigenvalue weighted by Crippen LogP contribution is 2.29. The van der Waals surface area contributed by atoms with Gasteiger partial charge in [-0.15, -0.1) is 11.3 Å². The van der Waals surface area contributed by atoms with E-state index in [9.17, 15) is 14.4 Å². The second-order valence-corrected chi connectivity index (χ2v) is 5.28. The van der Waals surface area contributed by atoms with E-state index in [4.69, 9.17) is 11.6 Å². The number of halogens is 1. The highest BCUT2D eigenvalue weighted by atomic mass is 35.5. The van der Waals surface area contributed by atoms with Gasteiger partial charge >= 0.3 is 0 Å². The van der Waals surface area contributed by atoms with Crippen molar-refractivity contribution in [1.82, 2.24) is 0 Å². The van der Waals surface area contributed by atoms with E-state index < -0.39 is 17.0 Å². The minimum absolute atomic E-state index is 0.0619. The maximum Gasteiger partial charge on any atom is 0.215 e. The van der Waals surface area contributed by atoms with Crippen LogP contribution in [-0.2, 0) is 0 Å². The van der Waals surface area contributed by atoms with Gasteiger partial charge in [-0.3, -0.25) is 14.4 Å². The quantitative estimate of drug-likeness (QED) is 0.743. The summed E-state index contributed by atoms with van der Waals surface area (Å²) in [6.45, 7) is 0. The van der Waals surface area contributed by atoms with E-state index >= 15 is 0 Å². The maximum absolute atomic E-state index is 12.2. The van der Waals surface area contributed by atoms with Crippen molar-refractivity contribution in [3.63, 3.8) is 0 Å². The molecule has 0 spiro atoms. The summed E-state index contributed by atoms with van der Waals surface area (Å²) in [4.78, 5) is 36.0. The van der Waals surface area contributed by atoms with Crippen LogP contribution < -0.4 is 5.43 Å². The predicted octanol–water partition coefficient (Wildman–Crippen LogP) is 2.76. The van der Waals surface area contributed by atoms with Crippen molar-refractivity contribution in [2.75, 3.05) is 0 Å². The standard InChI is InChI=1S/C13H5ClO3S/c14-7-5-8(15)10-11(16)6-3-1-2-4-9(6)18-13(10)12(7)17/h1-5H. The molecule has 1 heterocycles. The molecule has 1 aromatic heterocycles. The fourth-order valence-corrected chi connectivity index (χ4v) is 3.27. The normalized spacial score (nSPS) is 14.6. The Morgan fingerprint density at radius 3 is 2.56 bits per heavy atom. The number of benzene rings is 1. The average Bonchev–Trinajstić information content (AvgIpc) is 2.36. The summed E-state index contributed by atoms with van der Waals surface area (Å²) in [6.07, 6.45) is 1.01. The highest BCUT2D eigenvalue weighted by Gasteiger charge is 2.28. The fraction of sp³-hybridized carbons (Fsp3) is 0. The van der Waals surface area contributed by atoms with E-state index in [0.717, 1.165) is 17.4 Å². The van der Waals surface area contributed by atoms with Gasteiger partial charge in [-0.2, -0.15) is 0 Å². The van der Waals surface area contributed by atoms with Crippen molar-refractivity contribution in [2.24, 2.45) is 0 Å². The summed E-state index contributed by atoms with van der Waals surface area (Å²) in [5.41, 5.74) is -0.466. The number of hydrogen-bond acceptors (Lipinski definition) is 4. The Morgan fingerprint density at radius 1 is 1.06 bits per heavy atom. The molecular formula is C13H5ClO3S. The third-order valence-electron chi connectivity index (χ3n) is 2.73. The van der Waals surface area contributed by atoms with Crippen molar-refractivity contribution < 1.29 is 9.59 Å². The molecule has 5 heteroatoms. The lowest BCUT2D eigenvalue weighted by Gasteiger charge is -2.10. The fourth-order valence-electron chi connectivity index (χ4n) is 1.89. The minimum Gasteiger partial charge on any atom is -0.289 e. The van der Waals surface area contributed by atoms with Crippen LogP contribution in [0.25, 0.3) is 10.1 Å². The van der Waals surface area contributed by atoms with Gasteiger partial charge in [-0.25, -0.2) is 0 Å². The predicted molar refractivity (Wildman–Crippen MR) is 70.7 cm³/mol. The molecule has 3 nitrogen and oxygen atoms in total. The lowest BCUT2D eigenvalue weighted by atomic mass is 10.0. The van der Waals surface area contributed by atoms with Gasteiger partial charge in [-0.05, 0) is 12.1 Å². The molecule has 0 saturated carbocycles. The molecule has 1 aromatic carbocycles. The summed E-state index contributed by atoms with van der Waals surface area (Å²) in [7, 11) is 0. The van der Waals surface area contributed by atoms with Crippen LogP contribution in [0.2, 0.25) is 0 Å². The zero-order chi connectivity index (χ0) is 12.9. The van der Waals surface area contributed by atoms with Gasteiger partial charge in [-0.1, -0.05) is 23.7 Å². The maximum atomic E-state index is 12.2. The number of Topliss-reactive ketones (excluding diaryl/α,β-unsaturated/α-hetero) is 1. The molecule has 0 bridgehead atoms. The zero-order valence-corrected chi connectivity index (χ0v) is 10.5. The van der Waals surface area contributed by atoms with Crippen molar-refractivity contribution >= 4 is 44.6 Å². The molecule has 0 N–H and O–H groups in total. The number of allylic oxidation sites excluding steroid dienone is 2. The molecule has 0 unspecified atom stereocenters. The average molecular weight is 277 g/mol. The van der Waals surface area contributed by atoms with Crippen molar-refractivity contribution in [3.8, 4) is 0 Å². The molecule has 3 rings (SSSR count). The molecule has 0 atom stereocenters. The number of fused-ring (bicyclic) bond motifs is 2. The molecular weight excluding hydrogens is 272 g/mol. The highest BCUT2D eigenvalue weighted by molar-refractivity contribution is 7.20. The minimum atomic E-state index is -0.499. The first-order chi connectivity index (χ1) is 8.59. The van der Waals surface area contributed by atoms with Crippen LogP contribution in [0.15, 0.2) is 40.2 Å². The zero-order valence-electron chi connectivity index (χ0n) is 8.90. The van der Waals surface area contributed by atoms with Gasteiger partial charge in [0.1, 0.15) is 0 Å². The van der Waals surface area contributed by atoms with Gasteiger partial charge in [0, 0.05) is 16.2 Å². The van der Waals surface area contributed by atoms with E-state index in [1.54, 1.807) is 24.3 Å². The summed E-state index contributed by atoms with van der Waals surface area (Å²) in [6, 6.07) is 6.88. The van der Waals surface area contributed by atoms with Gasteiger partial charge < -0.3 is 0 Å². The van der Waals surface area contributed by atoms with Crippen LogP contribution in [0.3, 0.4) is 0 Å². The third-order valence-corrected chi connectivity index (χ3v) is 4.18. The molecule has 18 heavy (non-hydrogen) atoms. The van der Waals surface area contributed by atoms with Gasteiger partial charge in [0.05, 0.1) is 15.5 Å². The lowest BCUT2D eigenvalue weighted by Crippen LogP contribution is -2.22. The number of rotatable bonds is 0. The molecule has 2 aromatic rings. The summed E-state index contributed by atoms with van der Waals surface area (Å²) in [5.74, 6) is -0.958. The topological polar surface area (TPSA) is 51.2 Å². The number of hydrogen-bond donors (Lipinski definition) is 0. The number of ketones is 2. The monoisotopic (exact) mass is 276 g/mol. The molecule has 0 saturated heterocycles. The Morgan fingerprint density at radius 2 is 1.78 bits per heavy atom. The Labute approximate surface area is 110 Å². The SMILES string of the molecule is O=C1C(Cl)=CC(=O)c2c1sc1ccccc1c2=O. The van der Waals surface area contributed by atoms with Gasteiger partial charge in [0.2, 0.25) is 5.78 Å². The van der Waals surface area contributed by atoms with Crippen LogP contribution in [0, 0.1) is 0 Å². The van der Waals surface area contributed by atoms with E-state index in [2.05, 4.69) is 0 Å². The van der Waals surface area contributed by atoms with Crippen LogP contribution in [-0.4, -0.2) is 11.6 Å². The molecule has 88 valence electrons. The lowest BCUT2D eigenvalue weighted by molar-refractivity contribution is 0.0993. The Hall–Kier alpha value is -1.78. The van der Waals surface area contributed by atoms with Gasteiger partial charge in [0.15, 0.2) is 11.2 Å². The molecule has 1 aliphatic carbocycles. The summed E-state index contributed by atoms with van der Waals surface area (Å²) >= 11 is 6.81. The molecule has 0 fully saturated rings. The smallest absolute Gasteiger partial charge is 0.215 e. The van der Waals surface area contributed by atoms with Gasteiger partial charge in [0.25, 0.3) is 0 Å². The number of carbonyl (C=O) groups excluding carboxylic acids is 2. The van der Waals surface area contributed by atoms with Crippen LogP contribution in [0.5, 0.6) is 0 Å². The second kappa shape index (κ2) is 3.86.